The second-order valence-corrected chi connectivity index (χ2v) is 6.08. The molecule has 3 aromatic rings. The van der Waals surface area contributed by atoms with E-state index in [1.165, 1.54) is 30.3 Å². The molecule has 1 heterocycles. The molecule has 0 radical (unpaired) electrons. The van der Waals surface area contributed by atoms with Crippen LogP contribution in [0.15, 0.2) is 62.6 Å². The molecule has 0 unspecified atom stereocenters. The fraction of sp³-hybridized carbons (Fsp3) is 0. The standard InChI is InChI=1S/C15H8F2O5S/c16-10-3-5-12(17)14(7-10)23(19,20)22-11-4-1-9-2-6-15(18)21-13(9)8-11/h1-8H. The average molecular weight is 338 g/mol. The number of fused-ring (bicyclic) bond motifs is 1. The monoisotopic (exact) mass is 338 g/mol. The summed E-state index contributed by atoms with van der Waals surface area (Å²) < 4.78 is 60.5. The van der Waals surface area contributed by atoms with Gasteiger partial charge in [0.15, 0.2) is 0 Å². The normalized spacial score (nSPS) is 11.6. The Bertz CT molecular complexity index is 1060. The van der Waals surface area contributed by atoms with E-state index in [0.29, 0.717) is 17.5 Å². The van der Waals surface area contributed by atoms with E-state index in [0.717, 1.165) is 6.07 Å². The Morgan fingerprint density at radius 2 is 1.70 bits per heavy atom. The van der Waals surface area contributed by atoms with Crippen molar-refractivity contribution >= 4 is 21.1 Å². The molecule has 118 valence electrons. The van der Waals surface area contributed by atoms with E-state index < -0.39 is 32.3 Å². The molecule has 0 bridgehead atoms. The molecule has 0 N–H and O–H groups in total. The van der Waals surface area contributed by atoms with Gasteiger partial charge in [-0.1, -0.05) is 0 Å². The van der Waals surface area contributed by atoms with Gasteiger partial charge in [0.1, 0.15) is 27.9 Å². The SMILES string of the molecule is O=c1ccc2ccc(OS(=O)(=O)c3cc(F)ccc3F)cc2o1. The summed E-state index contributed by atoms with van der Waals surface area (Å²) in [5, 5.41) is 0.547. The molecule has 5 nitrogen and oxygen atoms in total. The van der Waals surface area contributed by atoms with Crippen LogP contribution in [0.5, 0.6) is 5.75 Å². The minimum Gasteiger partial charge on any atom is -0.423 e. The van der Waals surface area contributed by atoms with Gasteiger partial charge in [0.25, 0.3) is 0 Å². The van der Waals surface area contributed by atoms with Crippen molar-refractivity contribution in [1.29, 1.82) is 0 Å². The Balaban J connectivity index is 2.03. The minimum absolute atomic E-state index is 0.102. The van der Waals surface area contributed by atoms with Crippen molar-refractivity contribution in [3.63, 3.8) is 0 Å². The van der Waals surface area contributed by atoms with Crippen molar-refractivity contribution in [2.45, 2.75) is 4.90 Å². The van der Waals surface area contributed by atoms with Gasteiger partial charge in [0.05, 0.1) is 0 Å². The first-order valence-electron chi connectivity index (χ1n) is 6.29. The predicted molar refractivity (Wildman–Crippen MR) is 76.7 cm³/mol. The minimum atomic E-state index is -4.58. The summed E-state index contributed by atoms with van der Waals surface area (Å²) in [7, 11) is -4.58. The molecule has 0 saturated carbocycles. The number of halogens is 2. The molecule has 23 heavy (non-hydrogen) atoms. The van der Waals surface area contributed by atoms with Crippen molar-refractivity contribution in [2.24, 2.45) is 0 Å². The van der Waals surface area contributed by atoms with E-state index in [1.807, 2.05) is 0 Å². The molecule has 0 atom stereocenters. The predicted octanol–water partition coefficient (Wildman–Crippen LogP) is 2.84. The molecule has 1 aromatic heterocycles. The molecule has 0 spiro atoms. The number of rotatable bonds is 3. The van der Waals surface area contributed by atoms with Crippen molar-refractivity contribution in [3.05, 3.63) is 70.6 Å². The van der Waals surface area contributed by atoms with Crippen LogP contribution in [0.1, 0.15) is 0 Å². The quantitative estimate of drug-likeness (QED) is 0.542. The third-order valence-electron chi connectivity index (χ3n) is 2.96. The number of hydrogen-bond acceptors (Lipinski definition) is 5. The zero-order chi connectivity index (χ0) is 16.6. The highest BCUT2D eigenvalue weighted by Gasteiger charge is 2.22. The zero-order valence-corrected chi connectivity index (χ0v) is 12.1. The Hall–Kier alpha value is -2.74. The highest BCUT2D eigenvalue weighted by atomic mass is 32.2. The molecule has 0 amide bonds. The van der Waals surface area contributed by atoms with Gasteiger partial charge >= 0.3 is 15.7 Å². The van der Waals surface area contributed by atoms with Gasteiger partial charge in [-0.15, -0.1) is 0 Å². The lowest BCUT2D eigenvalue weighted by Gasteiger charge is -2.08. The topological polar surface area (TPSA) is 73.6 Å². The molecule has 0 aliphatic heterocycles. The first-order valence-corrected chi connectivity index (χ1v) is 7.69. The van der Waals surface area contributed by atoms with E-state index in [2.05, 4.69) is 0 Å². The Kier molecular flexibility index (Phi) is 3.61. The van der Waals surface area contributed by atoms with Crippen LogP contribution in [0.3, 0.4) is 0 Å². The fourth-order valence-corrected chi connectivity index (χ4v) is 2.94. The number of hydrogen-bond donors (Lipinski definition) is 0. The van der Waals surface area contributed by atoms with Gasteiger partial charge in [-0.3, -0.25) is 0 Å². The van der Waals surface area contributed by atoms with Crippen LogP contribution >= 0.6 is 0 Å². The molecular weight excluding hydrogens is 330 g/mol. The van der Waals surface area contributed by atoms with Gasteiger partial charge in [-0.05, 0) is 36.4 Å². The summed E-state index contributed by atoms with van der Waals surface area (Å²) in [6, 6.07) is 8.64. The average Bonchev–Trinajstić information content (AvgIpc) is 2.48. The summed E-state index contributed by atoms with van der Waals surface area (Å²) in [5.74, 6) is -2.26. The van der Waals surface area contributed by atoms with Crippen LogP contribution in [0.2, 0.25) is 0 Å². The van der Waals surface area contributed by atoms with Gasteiger partial charge in [0.2, 0.25) is 0 Å². The lowest BCUT2D eigenvalue weighted by atomic mass is 10.2. The third-order valence-corrected chi connectivity index (χ3v) is 4.23. The maximum atomic E-state index is 13.6. The second-order valence-electron chi connectivity index (χ2n) is 4.57. The summed E-state index contributed by atoms with van der Waals surface area (Å²) >= 11 is 0. The first-order chi connectivity index (χ1) is 10.8. The van der Waals surface area contributed by atoms with E-state index in [1.54, 1.807) is 0 Å². The van der Waals surface area contributed by atoms with Crippen LogP contribution in [-0.4, -0.2) is 8.42 Å². The highest BCUT2D eigenvalue weighted by molar-refractivity contribution is 7.87. The Morgan fingerprint density at radius 3 is 2.48 bits per heavy atom. The highest BCUT2D eigenvalue weighted by Crippen LogP contribution is 2.24. The molecule has 0 aliphatic rings. The van der Waals surface area contributed by atoms with Gasteiger partial charge in [-0.25, -0.2) is 13.6 Å². The van der Waals surface area contributed by atoms with Gasteiger partial charge in [0, 0.05) is 17.5 Å². The lowest BCUT2D eigenvalue weighted by Crippen LogP contribution is -2.12. The molecule has 8 heteroatoms. The number of benzene rings is 2. The lowest BCUT2D eigenvalue weighted by molar-refractivity contribution is 0.473. The van der Waals surface area contributed by atoms with E-state index in [-0.39, 0.29) is 11.3 Å². The fourth-order valence-electron chi connectivity index (χ4n) is 1.93. The molecule has 0 aliphatic carbocycles. The van der Waals surface area contributed by atoms with E-state index in [4.69, 9.17) is 8.60 Å². The van der Waals surface area contributed by atoms with E-state index in [9.17, 15) is 22.0 Å². The second kappa shape index (κ2) is 5.47. The van der Waals surface area contributed by atoms with Crippen molar-refractivity contribution in [1.82, 2.24) is 0 Å². The summed E-state index contributed by atoms with van der Waals surface area (Å²) in [4.78, 5) is 10.2. The zero-order valence-electron chi connectivity index (χ0n) is 11.3. The largest absolute Gasteiger partial charge is 0.423 e. The maximum absolute atomic E-state index is 13.6. The molecule has 2 aromatic carbocycles. The van der Waals surface area contributed by atoms with Crippen molar-refractivity contribution in [2.75, 3.05) is 0 Å². The van der Waals surface area contributed by atoms with Crippen LogP contribution < -0.4 is 9.81 Å². The van der Waals surface area contributed by atoms with Gasteiger partial charge < -0.3 is 8.60 Å². The summed E-state index contributed by atoms with van der Waals surface area (Å²) in [6.45, 7) is 0. The van der Waals surface area contributed by atoms with E-state index >= 15 is 0 Å². The van der Waals surface area contributed by atoms with Crippen molar-refractivity contribution in [3.8, 4) is 5.75 Å². The maximum Gasteiger partial charge on any atom is 0.342 e. The van der Waals surface area contributed by atoms with Gasteiger partial charge in [-0.2, -0.15) is 8.42 Å². The first kappa shape index (κ1) is 15.2. The Labute approximate surface area is 128 Å². The molecular formula is C15H8F2O5S. The van der Waals surface area contributed by atoms with Crippen LogP contribution in [0.25, 0.3) is 11.0 Å². The van der Waals surface area contributed by atoms with Crippen molar-refractivity contribution < 1.29 is 25.8 Å². The third kappa shape index (κ3) is 3.07. The summed E-state index contributed by atoms with van der Waals surface area (Å²) in [5.41, 5.74) is -0.515. The molecule has 0 saturated heterocycles. The summed E-state index contributed by atoms with van der Waals surface area (Å²) in [6.07, 6.45) is 0. The molecule has 0 fully saturated rings. The van der Waals surface area contributed by atoms with Crippen LogP contribution in [0.4, 0.5) is 8.78 Å². The smallest absolute Gasteiger partial charge is 0.342 e. The van der Waals surface area contributed by atoms with Crippen LogP contribution in [-0.2, 0) is 10.1 Å². The van der Waals surface area contributed by atoms with Crippen LogP contribution in [0, 0.1) is 11.6 Å². The molecule has 3 rings (SSSR count). The Morgan fingerprint density at radius 1 is 0.957 bits per heavy atom.